The van der Waals surface area contributed by atoms with Gasteiger partial charge in [0, 0.05) is 12.8 Å². The van der Waals surface area contributed by atoms with Crippen LogP contribution in [0.4, 0.5) is 0 Å². The maximum absolute atomic E-state index is 12.8. The molecule has 65 heavy (non-hydrogen) atoms. The van der Waals surface area contributed by atoms with Gasteiger partial charge in [-0.2, -0.15) is 0 Å². The van der Waals surface area contributed by atoms with Crippen LogP contribution in [0.3, 0.4) is 0 Å². The van der Waals surface area contributed by atoms with Crippen molar-refractivity contribution in [3.63, 3.8) is 0 Å². The molecule has 10 nitrogen and oxygen atoms in total. The average molecular weight is 915 g/mol. The van der Waals surface area contributed by atoms with E-state index in [-0.39, 0.29) is 26.1 Å². The first-order chi connectivity index (χ1) is 31.8. The minimum Gasteiger partial charge on any atom is -0.462 e. The zero-order valence-electron chi connectivity index (χ0n) is 41.0. The SMILES string of the molecule is CCCCC/C=C/C/C=C/CCCCCCCCCCCC(=O)O[C@@H](COC(=O)CCC/C=C/C/C=C/C/C=C/C/C=C/CCCCCCCCC)CO[C@H]1O[C@@H](CO)[C@@H](O)C(O)C1O. The molecule has 1 heterocycles. The number of rotatable bonds is 43. The molecule has 0 aromatic heterocycles. The Kier molecular flexibility index (Phi) is 41.6. The molecule has 6 atom stereocenters. The quantitative estimate of drug-likeness (QED) is 0.0264. The summed E-state index contributed by atoms with van der Waals surface area (Å²) in [5.41, 5.74) is 0. The Balaban J connectivity index is 2.31. The first-order valence-corrected chi connectivity index (χ1v) is 26.0. The normalized spacial score (nSPS) is 19.9. The van der Waals surface area contributed by atoms with Crippen LogP contribution in [0, 0.1) is 0 Å². The molecule has 1 rings (SSSR count). The van der Waals surface area contributed by atoms with Crippen LogP contribution >= 0.6 is 0 Å². The summed E-state index contributed by atoms with van der Waals surface area (Å²) in [6.45, 7) is 3.35. The number of hydrogen-bond acceptors (Lipinski definition) is 10. The van der Waals surface area contributed by atoms with Crippen molar-refractivity contribution in [3.8, 4) is 0 Å². The molecular formula is C55H94O10. The van der Waals surface area contributed by atoms with Crippen LogP contribution in [-0.2, 0) is 28.5 Å². The van der Waals surface area contributed by atoms with Crippen molar-refractivity contribution in [2.75, 3.05) is 19.8 Å². The van der Waals surface area contributed by atoms with Crippen molar-refractivity contribution in [3.05, 3.63) is 72.9 Å². The fourth-order valence-corrected chi connectivity index (χ4v) is 7.45. The third kappa shape index (κ3) is 35.9. The molecule has 0 bridgehead atoms. The lowest BCUT2D eigenvalue weighted by Gasteiger charge is -2.39. The third-order valence-corrected chi connectivity index (χ3v) is 11.6. The first-order valence-electron chi connectivity index (χ1n) is 26.0. The second kappa shape index (κ2) is 44.9. The topological polar surface area (TPSA) is 152 Å². The standard InChI is InChI=1S/C55H94O10/c1-3-5-7-9-11-13-15-17-19-21-23-24-26-27-29-31-33-35-37-39-41-43-50(57)62-46-48(47-63-55-54(61)53(60)52(59)49(45-56)65-55)64-51(58)44-42-40-38-36-34-32-30-28-25-22-20-18-16-14-12-10-8-6-4-2/h12,14,18-21,24,26,29,31,35,37,48-49,52-56,59-61H,3-11,13,15-17,22-23,25,27-28,30,32-34,36,38-47H2,1-2H3/b14-12+,20-18+,21-19+,26-24+,31-29+,37-35+/t48-,49-,52+,53?,54?,55-/m0/s1. The van der Waals surface area contributed by atoms with Gasteiger partial charge < -0.3 is 39.4 Å². The summed E-state index contributed by atoms with van der Waals surface area (Å²) in [7, 11) is 0. The van der Waals surface area contributed by atoms with E-state index in [1.54, 1.807) is 0 Å². The maximum atomic E-state index is 12.8. The fourth-order valence-electron chi connectivity index (χ4n) is 7.45. The molecule has 1 aliphatic heterocycles. The fraction of sp³-hybridized carbons (Fsp3) is 0.745. The van der Waals surface area contributed by atoms with Gasteiger partial charge in [0.05, 0.1) is 13.2 Å². The van der Waals surface area contributed by atoms with Crippen molar-refractivity contribution >= 4 is 11.9 Å². The Labute approximate surface area is 395 Å². The van der Waals surface area contributed by atoms with Crippen molar-refractivity contribution in [1.82, 2.24) is 0 Å². The summed E-state index contributed by atoms with van der Waals surface area (Å²) in [4.78, 5) is 25.4. The zero-order valence-corrected chi connectivity index (χ0v) is 41.0. The highest BCUT2D eigenvalue weighted by molar-refractivity contribution is 5.70. The van der Waals surface area contributed by atoms with Crippen LogP contribution in [-0.4, -0.2) is 89.0 Å². The predicted octanol–water partition coefficient (Wildman–Crippen LogP) is 12.3. The second-order valence-electron chi connectivity index (χ2n) is 17.6. The Bertz CT molecular complexity index is 1290. The second-order valence-corrected chi connectivity index (χ2v) is 17.6. The number of esters is 2. The van der Waals surface area contributed by atoms with Crippen LogP contribution < -0.4 is 0 Å². The van der Waals surface area contributed by atoms with Gasteiger partial charge in [0.2, 0.25) is 0 Å². The Hall–Kier alpha value is -2.86. The van der Waals surface area contributed by atoms with Gasteiger partial charge in [0.15, 0.2) is 12.4 Å². The van der Waals surface area contributed by atoms with Crippen molar-refractivity contribution < 1.29 is 49.0 Å². The molecule has 0 aromatic rings. The first kappa shape index (κ1) is 60.2. The Morgan fingerprint density at radius 3 is 1.37 bits per heavy atom. The van der Waals surface area contributed by atoms with Crippen LogP contribution in [0.1, 0.15) is 206 Å². The van der Waals surface area contributed by atoms with Gasteiger partial charge in [-0.1, -0.05) is 183 Å². The monoisotopic (exact) mass is 915 g/mol. The van der Waals surface area contributed by atoms with E-state index in [4.69, 9.17) is 18.9 Å². The molecule has 374 valence electrons. The van der Waals surface area contributed by atoms with E-state index >= 15 is 0 Å². The summed E-state index contributed by atoms with van der Waals surface area (Å²) in [6, 6.07) is 0. The van der Waals surface area contributed by atoms with E-state index in [0.29, 0.717) is 12.8 Å². The summed E-state index contributed by atoms with van der Waals surface area (Å²) < 4.78 is 22.2. The van der Waals surface area contributed by atoms with E-state index in [1.807, 2.05) is 0 Å². The number of allylic oxidation sites excluding steroid dienone is 12. The van der Waals surface area contributed by atoms with Gasteiger partial charge in [-0.3, -0.25) is 9.59 Å². The lowest BCUT2D eigenvalue weighted by molar-refractivity contribution is -0.305. The molecule has 0 aromatic carbocycles. The van der Waals surface area contributed by atoms with Gasteiger partial charge in [0.25, 0.3) is 0 Å². The van der Waals surface area contributed by atoms with E-state index in [2.05, 4.69) is 86.8 Å². The number of ether oxygens (including phenoxy) is 4. The molecule has 0 spiro atoms. The maximum Gasteiger partial charge on any atom is 0.306 e. The number of carbonyl (C=O) groups is 2. The van der Waals surface area contributed by atoms with Gasteiger partial charge >= 0.3 is 11.9 Å². The van der Waals surface area contributed by atoms with Gasteiger partial charge in [0.1, 0.15) is 31.0 Å². The number of unbranched alkanes of at least 4 members (excludes halogenated alkanes) is 20. The Morgan fingerprint density at radius 2 is 0.877 bits per heavy atom. The largest absolute Gasteiger partial charge is 0.462 e. The third-order valence-electron chi connectivity index (χ3n) is 11.6. The highest BCUT2D eigenvalue weighted by Crippen LogP contribution is 2.23. The van der Waals surface area contributed by atoms with E-state index < -0.39 is 55.4 Å². The lowest BCUT2D eigenvalue weighted by Crippen LogP contribution is -2.59. The Morgan fingerprint density at radius 1 is 0.477 bits per heavy atom. The molecule has 10 heteroatoms. The molecule has 1 saturated heterocycles. The summed E-state index contributed by atoms with van der Waals surface area (Å²) in [5.74, 6) is -0.878. The number of carbonyl (C=O) groups excluding carboxylic acids is 2. The minimum absolute atomic E-state index is 0.196. The molecule has 2 unspecified atom stereocenters. The number of aliphatic hydroxyl groups excluding tert-OH is 4. The molecular weight excluding hydrogens is 821 g/mol. The lowest BCUT2D eigenvalue weighted by atomic mass is 9.99. The molecule has 1 aliphatic rings. The highest BCUT2D eigenvalue weighted by Gasteiger charge is 2.44. The zero-order chi connectivity index (χ0) is 47.3. The van der Waals surface area contributed by atoms with Crippen LogP contribution in [0.15, 0.2) is 72.9 Å². The van der Waals surface area contributed by atoms with Gasteiger partial charge in [-0.25, -0.2) is 0 Å². The molecule has 4 N–H and O–H groups in total. The number of hydrogen-bond donors (Lipinski definition) is 4. The van der Waals surface area contributed by atoms with E-state index in [0.717, 1.165) is 57.8 Å². The summed E-state index contributed by atoms with van der Waals surface area (Å²) >= 11 is 0. The van der Waals surface area contributed by atoms with Gasteiger partial charge in [-0.15, -0.1) is 0 Å². The summed E-state index contributed by atoms with van der Waals surface area (Å²) in [5, 5.41) is 40.2. The number of aliphatic hydroxyl groups is 4. The minimum atomic E-state index is -1.61. The molecule has 1 fully saturated rings. The molecule has 0 amide bonds. The van der Waals surface area contributed by atoms with Gasteiger partial charge in [-0.05, 0) is 83.5 Å². The van der Waals surface area contributed by atoms with Crippen molar-refractivity contribution in [2.45, 2.75) is 243 Å². The molecule has 0 radical (unpaired) electrons. The predicted molar refractivity (Wildman–Crippen MR) is 265 cm³/mol. The van der Waals surface area contributed by atoms with Crippen molar-refractivity contribution in [1.29, 1.82) is 0 Å². The van der Waals surface area contributed by atoms with E-state index in [9.17, 15) is 30.0 Å². The van der Waals surface area contributed by atoms with Crippen LogP contribution in [0.5, 0.6) is 0 Å². The smallest absolute Gasteiger partial charge is 0.306 e. The van der Waals surface area contributed by atoms with Crippen LogP contribution in [0.25, 0.3) is 0 Å². The molecule has 0 saturated carbocycles. The van der Waals surface area contributed by atoms with Crippen LogP contribution in [0.2, 0.25) is 0 Å². The van der Waals surface area contributed by atoms with Crippen molar-refractivity contribution in [2.24, 2.45) is 0 Å². The average Bonchev–Trinajstić information content (AvgIpc) is 3.30. The van der Waals surface area contributed by atoms with E-state index in [1.165, 1.54) is 109 Å². The molecule has 0 aliphatic carbocycles. The highest BCUT2D eigenvalue weighted by atomic mass is 16.7. The summed E-state index contributed by atoms with van der Waals surface area (Å²) in [6.07, 6.45) is 50.5.